The number of hydrogen-bond donors (Lipinski definition) is 1. The highest BCUT2D eigenvalue weighted by molar-refractivity contribution is 9.11. The van der Waals surface area contributed by atoms with Crippen molar-refractivity contribution in [1.82, 2.24) is 0 Å². The van der Waals surface area contributed by atoms with E-state index in [0.717, 1.165) is 41.4 Å². The van der Waals surface area contributed by atoms with Crippen LogP contribution in [0.2, 0.25) is 0 Å². The first-order valence-electron chi connectivity index (χ1n) is 11.9. The van der Waals surface area contributed by atoms with Gasteiger partial charge >= 0.3 is 0 Å². The zero-order valence-corrected chi connectivity index (χ0v) is 23.8. The Morgan fingerprint density at radius 1 is 1.05 bits per heavy atom. The van der Waals surface area contributed by atoms with Crippen molar-refractivity contribution in [2.45, 2.75) is 32.3 Å². The number of aliphatic imine (C=N–C) groups is 1. The summed E-state index contributed by atoms with van der Waals surface area (Å²) in [7, 11) is 0. The van der Waals surface area contributed by atoms with Gasteiger partial charge in [-0.05, 0) is 77.5 Å². The van der Waals surface area contributed by atoms with Crippen LogP contribution in [0.25, 0.3) is 0 Å². The summed E-state index contributed by atoms with van der Waals surface area (Å²) in [5, 5.41) is 3.70. The summed E-state index contributed by atoms with van der Waals surface area (Å²) in [6.45, 7) is 0.0752. The Labute approximate surface area is 235 Å². The molecule has 0 bridgehead atoms. The summed E-state index contributed by atoms with van der Waals surface area (Å²) in [4.78, 5) is 19.4. The van der Waals surface area contributed by atoms with Crippen LogP contribution in [0.4, 0.5) is 15.1 Å². The van der Waals surface area contributed by atoms with Gasteiger partial charge in [-0.2, -0.15) is 0 Å². The fraction of sp³-hybridized carbons (Fsp3) is 0.172. The van der Waals surface area contributed by atoms with Crippen LogP contribution >= 0.6 is 43.2 Å². The first-order chi connectivity index (χ1) is 18.0. The molecule has 0 atom stereocenters. The lowest BCUT2D eigenvalue weighted by Gasteiger charge is -2.13. The second-order valence-electron chi connectivity index (χ2n) is 8.66. The molecule has 0 fully saturated rings. The lowest BCUT2D eigenvalue weighted by molar-refractivity contribution is 0.102. The molecule has 0 unspecified atom stereocenters. The monoisotopic (exact) mass is 640 g/mol. The van der Waals surface area contributed by atoms with Gasteiger partial charge in [-0.15, -0.1) is 11.3 Å². The van der Waals surface area contributed by atoms with Crippen LogP contribution in [-0.4, -0.2) is 12.1 Å². The number of hydrogen-bond acceptors (Lipinski definition) is 4. The van der Waals surface area contributed by atoms with E-state index in [1.807, 2.05) is 42.5 Å². The van der Waals surface area contributed by atoms with E-state index in [-0.39, 0.29) is 18.3 Å². The number of carbonyl (C=O) groups is 1. The molecule has 0 saturated carbocycles. The van der Waals surface area contributed by atoms with Crippen LogP contribution in [-0.2, 0) is 19.4 Å². The number of benzene rings is 3. The summed E-state index contributed by atoms with van der Waals surface area (Å²) >= 11 is 8.67. The van der Waals surface area contributed by atoms with E-state index in [0.29, 0.717) is 31.9 Å². The van der Waals surface area contributed by atoms with Crippen molar-refractivity contribution >= 4 is 66.0 Å². The summed E-state index contributed by atoms with van der Waals surface area (Å²) in [5.41, 5.74) is 3.66. The lowest BCUT2D eigenvalue weighted by Crippen LogP contribution is -2.14. The molecule has 5 rings (SSSR count). The van der Waals surface area contributed by atoms with E-state index in [1.165, 1.54) is 10.9 Å². The summed E-state index contributed by atoms with van der Waals surface area (Å²) < 4.78 is 21.7. The Balaban J connectivity index is 1.48. The Morgan fingerprint density at radius 2 is 1.81 bits per heavy atom. The second-order valence-corrected chi connectivity index (χ2v) is 11.5. The normalized spacial score (nSPS) is 12.9. The molecule has 0 radical (unpaired) electrons. The Morgan fingerprint density at radius 3 is 2.62 bits per heavy atom. The molecule has 0 saturated heterocycles. The minimum atomic E-state index is -0.316. The third-order valence-corrected chi connectivity index (χ3v) is 8.35. The molecule has 1 N–H and O–H groups in total. The molecule has 1 amide bonds. The van der Waals surface area contributed by atoms with Gasteiger partial charge in [-0.1, -0.05) is 52.3 Å². The van der Waals surface area contributed by atoms with Gasteiger partial charge in [0.05, 0.1) is 10.0 Å². The van der Waals surface area contributed by atoms with E-state index >= 15 is 0 Å². The van der Waals surface area contributed by atoms with Gasteiger partial charge in [0.2, 0.25) is 0 Å². The average Bonchev–Trinajstić information content (AvgIpc) is 3.27. The number of ether oxygens (including phenoxy) is 1. The minimum absolute atomic E-state index is 0.0752. The highest BCUT2D eigenvalue weighted by Gasteiger charge is 2.25. The number of thiophene rings is 1. The van der Waals surface area contributed by atoms with Crippen LogP contribution in [0, 0.1) is 5.82 Å². The molecule has 3 aromatic carbocycles. The highest BCUT2D eigenvalue weighted by Crippen LogP contribution is 2.41. The van der Waals surface area contributed by atoms with Crippen LogP contribution in [0.1, 0.15) is 44.8 Å². The van der Waals surface area contributed by atoms with Gasteiger partial charge in [-0.25, -0.2) is 9.38 Å². The van der Waals surface area contributed by atoms with Crippen LogP contribution in [0.15, 0.2) is 80.7 Å². The summed E-state index contributed by atoms with van der Waals surface area (Å²) in [6, 6.07) is 19.8. The molecule has 1 aliphatic rings. The smallest absolute Gasteiger partial charge is 0.259 e. The number of nitrogens with zero attached hydrogens (tertiary/aromatic N) is 1. The fourth-order valence-corrected chi connectivity index (χ4v) is 6.92. The molecular formula is C29H23Br2FN2O2S. The molecular weight excluding hydrogens is 619 g/mol. The predicted octanol–water partition coefficient (Wildman–Crippen LogP) is 8.87. The van der Waals surface area contributed by atoms with Crippen molar-refractivity contribution in [3.8, 4) is 5.75 Å². The Kier molecular flexibility index (Phi) is 8.17. The number of halogens is 3. The maximum Gasteiger partial charge on any atom is 0.259 e. The first kappa shape index (κ1) is 25.8. The number of anilines is 1. The van der Waals surface area contributed by atoms with Gasteiger partial charge in [0.25, 0.3) is 5.91 Å². The quantitative estimate of drug-likeness (QED) is 0.205. The Hall–Kier alpha value is -2.81. The number of amides is 1. The predicted molar refractivity (Wildman–Crippen MR) is 155 cm³/mol. The van der Waals surface area contributed by atoms with Crippen molar-refractivity contribution in [2.75, 3.05) is 5.32 Å². The van der Waals surface area contributed by atoms with Crippen molar-refractivity contribution in [3.05, 3.63) is 109 Å². The van der Waals surface area contributed by atoms with Gasteiger partial charge in [0, 0.05) is 32.4 Å². The van der Waals surface area contributed by atoms with E-state index in [4.69, 9.17) is 9.73 Å². The van der Waals surface area contributed by atoms with E-state index in [1.54, 1.807) is 35.8 Å². The first-order valence-corrected chi connectivity index (χ1v) is 14.3. The molecule has 1 aromatic heterocycles. The number of carbonyl (C=O) groups excluding carboxylic acids is 1. The van der Waals surface area contributed by atoms with Crippen molar-refractivity contribution in [3.63, 3.8) is 0 Å². The minimum Gasteiger partial charge on any atom is -0.487 e. The molecule has 4 nitrogen and oxygen atoms in total. The topological polar surface area (TPSA) is 50.7 Å². The van der Waals surface area contributed by atoms with Gasteiger partial charge in [0.15, 0.2) is 0 Å². The third kappa shape index (κ3) is 6.03. The molecule has 0 spiro atoms. The molecule has 8 heteroatoms. The summed E-state index contributed by atoms with van der Waals surface area (Å²) in [5.74, 6) is 0.0835. The van der Waals surface area contributed by atoms with Crippen molar-refractivity contribution < 1.29 is 13.9 Å². The molecule has 0 aliphatic heterocycles. The fourth-order valence-electron chi connectivity index (χ4n) is 4.31. The zero-order chi connectivity index (χ0) is 25.8. The van der Waals surface area contributed by atoms with E-state index < -0.39 is 0 Å². The second kappa shape index (κ2) is 11.7. The SMILES string of the molecule is O=C(Nc1ccccc1)c1c(N=Cc2cc(Br)cc(Br)c2OCc2ccccc2F)sc2c1CCCC2. The number of nitrogens with one attached hydrogen (secondary N) is 1. The zero-order valence-electron chi connectivity index (χ0n) is 19.8. The summed E-state index contributed by atoms with van der Waals surface area (Å²) in [6.07, 6.45) is 5.72. The molecule has 1 aliphatic carbocycles. The molecule has 4 aromatic rings. The lowest BCUT2D eigenvalue weighted by atomic mass is 9.95. The van der Waals surface area contributed by atoms with Gasteiger partial charge in [-0.3, -0.25) is 4.79 Å². The van der Waals surface area contributed by atoms with Crippen molar-refractivity contribution in [1.29, 1.82) is 0 Å². The standard InChI is InChI=1S/C29H23Br2FN2O2S/c30-20-14-19(27(23(31)15-20)36-17-18-8-4-6-12-24(18)32)16-33-29-26(22-11-5-7-13-25(22)37-29)28(35)34-21-9-2-1-3-10-21/h1-4,6,8-10,12,14-16H,5,7,11,13,17H2,(H,34,35). The maximum absolute atomic E-state index is 14.2. The van der Waals surface area contributed by atoms with Gasteiger partial charge in [0.1, 0.15) is 23.2 Å². The van der Waals surface area contributed by atoms with E-state index in [9.17, 15) is 9.18 Å². The average molecular weight is 642 g/mol. The van der Waals surface area contributed by atoms with Crippen molar-refractivity contribution in [2.24, 2.45) is 4.99 Å². The largest absolute Gasteiger partial charge is 0.487 e. The number of para-hydroxylation sites is 1. The maximum atomic E-state index is 14.2. The van der Waals surface area contributed by atoms with Crippen LogP contribution in [0.5, 0.6) is 5.75 Å². The van der Waals surface area contributed by atoms with Crippen LogP contribution < -0.4 is 10.1 Å². The Bertz CT molecular complexity index is 1470. The molecule has 188 valence electrons. The highest BCUT2D eigenvalue weighted by atomic mass is 79.9. The number of rotatable bonds is 7. The van der Waals surface area contributed by atoms with Crippen LogP contribution in [0.3, 0.4) is 0 Å². The molecule has 1 heterocycles. The number of fused-ring (bicyclic) bond motifs is 1. The third-order valence-electron chi connectivity index (χ3n) is 6.10. The van der Waals surface area contributed by atoms with Gasteiger partial charge < -0.3 is 10.1 Å². The molecule has 37 heavy (non-hydrogen) atoms. The number of aryl methyl sites for hydroxylation is 1. The van der Waals surface area contributed by atoms with E-state index in [2.05, 4.69) is 37.2 Å².